The average molecular weight is 608 g/mol. The first-order valence-corrected chi connectivity index (χ1v) is 15.4. The van der Waals surface area contributed by atoms with Crippen LogP contribution in [0.25, 0.3) is 22.2 Å². The highest BCUT2D eigenvalue weighted by Gasteiger charge is 2.27. The summed E-state index contributed by atoms with van der Waals surface area (Å²) in [6.07, 6.45) is 8.48. The Labute approximate surface area is 261 Å². The van der Waals surface area contributed by atoms with Gasteiger partial charge >= 0.3 is 0 Å². The van der Waals surface area contributed by atoms with Crippen LogP contribution in [-0.4, -0.2) is 84.3 Å². The molecule has 1 atom stereocenters. The van der Waals surface area contributed by atoms with Gasteiger partial charge in [-0.25, -0.2) is 19.9 Å². The summed E-state index contributed by atoms with van der Waals surface area (Å²) in [6, 6.07) is 9.75. The SMILES string of the molecule is Cc1cnc(Nc2cc(C)n(C)n2)nc1-c1c[nH]c2c(NC(=O)CN3CC[C@H](Oc4cc(N5CCCC5)ncn4)C3)cccc12. The van der Waals surface area contributed by atoms with Crippen molar-refractivity contribution in [2.24, 2.45) is 7.05 Å². The summed E-state index contributed by atoms with van der Waals surface area (Å²) < 4.78 is 7.99. The number of amides is 1. The van der Waals surface area contributed by atoms with Crippen molar-refractivity contribution in [1.82, 2.24) is 39.6 Å². The number of para-hydroxylation sites is 1. The Balaban J connectivity index is 1.000. The zero-order valence-corrected chi connectivity index (χ0v) is 25.7. The number of nitrogens with one attached hydrogen (secondary N) is 3. The molecule has 5 aromatic rings. The van der Waals surface area contributed by atoms with Crippen molar-refractivity contribution in [3.05, 3.63) is 60.3 Å². The number of rotatable bonds is 9. The van der Waals surface area contributed by atoms with E-state index < -0.39 is 0 Å². The molecule has 0 bridgehead atoms. The first-order valence-electron chi connectivity index (χ1n) is 15.4. The number of ether oxygens (including phenoxy) is 1. The van der Waals surface area contributed by atoms with Gasteiger partial charge in [-0.15, -0.1) is 0 Å². The third-order valence-electron chi connectivity index (χ3n) is 8.51. The predicted octanol–water partition coefficient (Wildman–Crippen LogP) is 4.20. The number of nitrogens with zero attached hydrogens (tertiary/aromatic N) is 8. The number of H-pyrrole nitrogens is 1. The van der Waals surface area contributed by atoms with Gasteiger partial charge in [0.1, 0.15) is 18.2 Å². The van der Waals surface area contributed by atoms with Gasteiger partial charge in [-0.3, -0.25) is 14.4 Å². The molecular weight excluding hydrogens is 570 g/mol. The van der Waals surface area contributed by atoms with Gasteiger partial charge in [0.15, 0.2) is 5.82 Å². The second kappa shape index (κ2) is 12.2. The fourth-order valence-corrected chi connectivity index (χ4v) is 6.08. The van der Waals surface area contributed by atoms with Gasteiger partial charge in [0.05, 0.1) is 23.4 Å². The number of hydrogen-bond donors (Lipinski definition) is 3. The fraction of sp³-hybridized carbons (Fsp3) is 0.375. The Morgan fingerprint density at radius 2 is 1.98 bits per heavy atom. The highest BCUT2D eigenvalue weighted by molar-refractivity contribution is 6.06. The molecule has 2 aliphatic rings. The minimum atomic E-state index is -0.0759. The zero-order valence-electron chi connectivity index (χ0n) is 25.7. The summed E-state index contributed by atoms with van der Waals surface area (Å²) in [7, 11) is 1.90. The van der Waals surface area contributed by atoms with Gasteiger partial charge in [0, 0.05) is 74.4 Å². The standard InChI is InChI=1S/C32H37N11O2/c1-20-15-34-32(38-26-13-21(2)41(3)40-26)39-30(20)24-16-33-31-23(24)7-6-8-25(31)37-28(44)18-42-12-9-22(17-42)45-29-14-27(35-19-36-29)43-10-4-5-11-43/h6-8,13-16,19,22,33H,4-5,9-12,17-18H2,1-3H3,(H,37,44)(H,34,38,39,40)/t22-/m0/s1. The summed E-state index contributed by atoms with van der Waals surface area (Å²) in [5.41, 5.74) is 5.26. The lowest BCUT2D eigenvalue weighted by atomic mass is 10.1. The Morgan fingerprint density at radius 3 is 2.80 bits per heavy atom. The van der Waals surface area contributed by atoms with E-state index in [0.717, 1.165) is 71.0 Å². The van der Waals surface area contributed by atoms with E-state index in [4.69, 9.17) is 9.72 Å². The molecule has 0 saturated carbocycles. The number of carbonyl (C=O) groups excluding carboxylic acids is 1. The molecule has 7 rings (SSSR count). The molecule has 4 aromatic heterocycles. The van der Waals surface area contributed by atoms with Crippen molar-refractivity contribution >= 4 is 40.1 Å². The Hall–Kier alpha value is -5.04. The Morgan fingerprint density at radius 1 is 1.11 bits per heavy atom. The third kappa shape index (κ3) is 6.16. The van der Waals surface area contributed by atoms with E-state index in [1.807, 2.05) is 57.4 Å². The maximum atomic E-state index is 13.2. The van der Waals surface area contributed by atoms with Crippen molar-refractivity contribution in [3.8, 4) is 17.1 Å². The summed E-state index contributed by atoms with van der Waals surface area (Å²) in [5.74, 6) is 2.58. The predicted molar refractivity (Wildman–Crippen MR) is 173 cm³/mol. The lowest BCUT2D eigenvalue weighted by molar-refractivity contribution is -0.117. The van der Waals surface area contributed by atoms with Crippen molar-refractivity contribution in [2.45, 2.75) is 39.2 Å². The molecule has 2 fully saturated rings. The first-order chi connectivity index (χ1) is 21.9. The van der Waals surface area contributed by atoms with Crippen molar-refractivity contribution in [3.63, 3.8) is 0 Å². The number of aromatic amines is 1. The highest BCUT2D eigenvalue weighted by atomic mass is 16.5. The van der Waals surface area contributed by atoms with Crippen LogP contribution in [0, 0.1) is 13.8 Å². The number of fused-ring (bicyclic) bond motifs is 1. The molecule has 13 nitrogen and oxygen atoms in total. The molecule has 1 aromatic carbocycles. The summed E-state index contributed by atoms with van der Waals surface area (Å²) in [5, 5.41) is 11.7. The monoisotopic (exact) mass is 607 g/mol. The van der Waals surface area contributed by atoms with Gasteiger partial charge in [0.2, 0.25) is 17.7 Å². The van der Waals surface area contributed by atoms with Gasteiger partial charge in [-0.2, -0.15) is 5.10 Å². The molecule has 13 heteroatoms. The second-order valence-electron chi connectivity index (χ2n) is 11.8. The molecule has 2 saturated heterocycles. The second-order valence-corrected chi connectivity index (χ2v) is 11.8. The molecule has 0 unspecified atom stereocenters. The van der Waals surface area contributed by atoms with E-state index in [9.17, 15) is 4.79 Å². The normalized spacial score (nSPS) is 16.9. The number of benzene rings is 1. The molecule has 1 amide bonds. The van der Waals surface area contributed by atoms with Gasteiger partial charge in [-0.1, -0.05) is 12.1 Å². The molecule has 0 spiro atoms. The average Bonchev–Trinajstić information content (AvgIpc) is 3.84. The van der Waals surface area contributed by atoms with Crippen LogP contribution in [0.1, 0.15) is 30.5 Å². The lowest BCUT2D eigenvalue weighted by Gasteiger charge is -2.18. The number of likely N-dealkylation sites (tertiary alicyclic amines) is 1. The van der Waals surface area contributed by atoms with E-state index >= 15 is 0 Å². The number of hydrogen-bond acceptors (Lipinski definition) is 10. The van der Waals surface area contributed by atoms with E-state index in [0.29, 0.717) is 24.2 Å². The van der Waals surface area contributed by atoms with E-state index in [1.165, 1.54) is 12.8 Å². The highest BCUT2D eigenvalue weighted by Crippen LogP contribution is 2.33. The van der Waals surface area contributed by atoms with Crippen LogP contribution in [-0.2, 0) is 11.8 Å². The van der Waals surface area contributed by atoms with Crippen LogP contribution in [0.15, 0.2) is 49.1 Å². The van der Waals surface area contributed by atoms with Crippen LogP contribution in [0.5, 0.6) is 5.88 Å². The number of anilines is 4. The minimum Gasteiger partial charge on any atom is -0.473 e. The Kier molecular flexibility index (Phi) is 7.76. The maximum absolute atomic E-state index is 13.2. The summed E-state index contributed by atoms with van der Waals surface area (Å²) in [4.78, 5) is 38.9. The topological polar surface area (TPSA) is 142 Å². The van der Waals surface area contributed by atoms with E-state index in [2.05, 4.69) is 45.5 Å². The molecule has 2 aliphatic heterocycles. The molecule has 6 heterocycles. The quantitative estimate of drug-likeness (QED) is 0.223. The lowest BCUT2D eigenvalue weighted by Crippen LogP contribution is -2.33. The number of carbonyl (C=O) groups is 1. The largest absolute Gasteiger partial charge is 0.473 e. The number of aromatic nitrogens is 7. The molecular formula is C32H37N11O2. The van der Waals surface area contributed by atoms with Crippen LogP contribution >= 0.6 is 0 Å². The van der Waals surface area contributed by atoms with Crippen LogP contribution in [0.3, 0.4) is 0 Å². The van der Waals surface area contributed by atoms with Crippen molar-refractivity contribution in [2.75, 3.05) is 48.3 Å². The number of aryl methyl sites for hydroxylation is 3. The molecule has 0 radical (unpaired) electrons. The first kappa shape index (κ1) is 28.7. The smallest absolute Gasteiger partial charge is 0.238 e. The minimum absolute atomic E-state index is 0.0225. The van der Waals surface area contributed by atoms with Gasteiger partial charge < -0.3 is 25.3 Å². The van der Waals surface area contributed by atoms with Gasteiger partial charge in [-0.05, 0) is 44.7 Å². The molecule has 45 heavy (non-hydrogen) atoms. The zero-order chi connectivity index (χ0) is 30.9. The third-order valence-corrected chi connectivity index (χ3v) is 8.51. The van der Waals surface area contributed by atoms with Crippen LogP contribution in [0.2, 0.25) is 0 Å². The summed E-state index contributed by atoms with van der Waals surface area (Å²) >= 11 is 0. The van der Waals surface area contributed by atoms with Gasteiger partial charge in [0.25, 0.3) is 0 Å². The molecule has 0 aliphatic carbocycles. The Bertz CT molecular complexity index is 1820. The maximum Gasteiger partial charge on any atom is 0.238 e. The van der Waals surface area contributed by atoms with E-state index in [1.54, 1.807) is 17.2 Å². The van der Waals surface area contributed by atoms with E-state index in [-0.39, 0.29) is 18.6 Å². The van der Waals surface area contributed by atoms with Crippen molar-refractivity contribution in [1.29, 1.82) is 0 Å². The fourth-order valence-electron chi connectivity index (χ4n) is 6.08. The van der Waals surface area contributed by atoms with Crippen LogP contribution < -0.4 is 20.3 Å². The van der Waals surface area contributed by atoms with Crippen LogP contribution in [0.4, 0.5) is 23.3 Å². The molecule has 232 valence electrons. The van der Waals surface area contributed by atoms with Crippen molar-refractivity contribution < 1.29 is 9.53 Å². The molecule has 3 N–H and O–H groups in total. The summed E-state index contributed by atoms with van der Waals surface area (Å²) in [6.45, 7) is 7.73.